The van der Waals surface area contributed by atoms with E-state index in [1.165, 1.54) is 4.90 Å². The van der Waals surface area contributed by atoms with Gasteiger partial charge in [-0.2, -0.15) is 0 Å². The van der Waals surface area contributed by atoms with Gasteiger partial charge in [0.1, 0.15) is 6.73 Å². The fraction of sp³-hybridized carbons (Fsp3) is 0.474. The van der Waals surface area contributed by atoms with Gasteiger partial charge in [-0.1, -0.05) is 44.2 Å². The van der Waals surface area contributed by atoms with Crippen LogP contribution >= 0.6 is 0 Å². The maximum absolute atomic E-state index is 12.7. The number of hydrogen-bond donors (Lipinski definition) is 1. The Morgan fingerprint density at radius 1 is 1.20 bits per heavy atom. The van der Waals surface area contributed by atoms with E-state index >= 15 is 0 Å². The molecule has 25 heavy (non-hydrogen) atoms. The van der Waals surface area contributed by atoms with Crippen molar-refractivity contribution in [3.8, 4) is 0 Å². The molecule has 0 fully saturated rings. The Morgan fingerprint density at radius 3 is 2.44 bits per heavy atom. The van der Waals surface area contributed by atoms with Crippen molar-refractivity contribution in [3.05, 3.63) is 47.2 Å². The zero-order chi connectivity index (χ0) is 18.4. The van der Waals surface area contributed by atoms with Gasteiger partial charge < -0.3 is 14.8 Å². The van der Waals surface area contributed by atoms with Crippen molar-refractivity contribution in [2.75, 3.05) is 19.9 Å². The first-order chi connectivity index (χ1) is 12.0. The van der Waals surface area contributed by atoms with Gasteiger partial charge in [-0.25, -0.2) is 9.59 Å². The molecule has 0 saturated heterocycles. The SMILES string of the molecule is CCOCN1C(=O)NC(C(C)C)=C(C(=O)OCC)C1c1ccccc1. The van der Waals surface area contributed by atoms with Crippen molar-refractivity contribution in [3.63, 3.8) is 0 Å². The second kappa shape index (κ2) is 8.67. The minimum Gasteiger partial charge on any atom is -0.463 e. The summed E-state index contributed by atoms with van der Waals surface area (Å²) in [6, 6.07) is 8.66. The van der Waals surface area contributed by atoms with Crippen LogP contribution in [-0.2, 0) is 14.3 Å². The van der Waals surface area contributed by atoms with Crippen LogP contribution in [0, 0.1) is 5.92 Å². The Morgan fingerprint density at radius 2 is 1.88 bits per heavy atom. The first-order valence-corrected chi connectivity index (χ1v) is 8.62. The highest BCUT2D eigenvalue weighted by molar-refractivity contribution is 5.95. The van der Waals surface area contributed by atoms with Crippen molar-refractivity contribution in [2.45, 2.75) is 33.7 Å². The molecule has 1 unspecified atom stereocenters. The summed E-state index contributed by atoms with van der Waals surface area (Å²) in [7, 11) is 0. The molecule has 1 aliphatic heterocycles. The predicted molar refractivity (Wildman–Crippen MR) is 94.5 cm³/mol. The molecule has 1 heterocycles. The monoisotopic (exact) mass is 346 g/mol. The number of allylic oxidation sites excluding steroid dienone is 1. The predicted octanol–water partition coefficient (Wildman–Crippen LogP) is 3.22. The lowest BCUT2D eigenvalue weighted by Crippen LogP contribution is -2.50. The molecule has 0 saturated carbocycles. The van der Waals surface area contributed by atoms with E-state index in [0.29, 0.717) is 17.9 Å². The Bertz CT molecular complexity index is 640. The third-order valence-corrected chi connectivity index (χ3v) is 4.00. The van der Waals surface area contributed by atoms with Crippen LogP contribution < -0.4 is 5.32 Å². The second-order valence-electron chi connectivity index (χ2n) is 6.04. The highest BCUT2D eigenvalue weighted by Crippen LogP contribution is 2.36. The molecule has 2 amide bonds. The number of urea groups is 1. The number of amides is 2. The van der Waals surface area contributed by atoms with Gasteiger partial charge >= 0.3 is 12.0 Å². The highest BCUT2D eigenvalue weighted by atomic mass is 16.5. The second-order valence-corrected chi connectivity index (χ2v) is 6.04. The molecular weight excluding hydrogens is 320 g/mol. The minimum absolute atomic E-state index is 0.0242. The number of nitrogens with zero attached hydrogens (tertiary/aromatic N) is 1. The highest BCUT2D eigenvalue weighted by Gasteiger charge is 2.40. The minimum atomic E-state index is -0.544. The molecule has 2 rings (SSSR count). The van der Waals surface area contributed by atoms with Crippen LogP contribution in [0.1, 0.15) is 39.3 Å². The van der Waals surface area contributed by atoms with Crippen LogP contribution in [0.25, 0.3) is 0 Å². The molecule has 6 heteroatoms. The molecular formula is C19H26N2O4. The van der Waals surface area contributed by atoms with E-state index in [0.717, 1.165) is 5.56 Å². The Kier molecular flexibility index (Phi) is 6.58. The van der Waals surface area contributed by atoms with E-state index in [4.69, 9.17) is 9.47 Å². The van der Waals surface area contributed by atoms with Crippen molar-refractivity contribution >= 4 is 12.0 Å². The molecule has 0 aromatic heterocycles. The number of carbonyl (C=O) groups excluding carboxylic acids is 2. The maximum Gasteiger partial charge on any atom is 0.338 e. The van der Waals surface area contributed by atoms with Gasteiger partial charge in [-0.15, -0.1) is 0 Å². The number of ether oxygens (including phenoxy) is 2. The van der Waals surface area contributed by atoms with Crippen molar-refractivity contribution in [1.82, 2.24) is 10.2 Å². The quantitative estimate of drug-likeness (QED) is 0.770. The van der Waals surface area contributed by atoms with Gasteiger partial charge in [-0.3, -0.25) is 4.90 Å². The van der Waals surface area contributed by atoms with Crippen LogP contribution in [-0.4, -0.2) is 36.8 Å². The molecule has 0 aliphatic carbocycles. The Labute approximate surface area is 148 Å². The number of carbonyl (C=O) groups is 2. The van der Waals surface area contributed by atoms with E-state index in [1.807, 2.05) is 51.1 Å². The van der Waals surface area contributed by atoms with Crippen LogP contribution in [0.4, 0.5) is 4.79 Å². The normalized spacial score (nSPS) is 17.7. The molecule has 0 radical (unpaired) electrons. The fourth-order valence-electron chi connectivity index (χ4n) is 2.87. The maximum atomic E-state index is 12.7. The zero-order valence-corrected chi connectivity index (χ0v) is 15.2. The van der Waals surface area contributed by atoms with Gasteiger partial charge in [0.05, 0.1) is 18.2 Å². The summed E-state index contributed by atoms with van der Waals surface area (Å²) in [5, 5.41) is 2.85. The van der Waals surface area contributed by atoms with Crippen molar-refractivity contribution < 1.29 is 19.1 Å². The Hall–Kier alpha value is -2.34. The van der Waals surface area contributed by atoms with Crippen molar-refractivity contribution in [2.24, 2.45) is 5.92 Å². The molecule has 6 nitrogen and oxygen atoms in total. The van der Waals surface area contributed by atoms with Crippen LogP contribution in [0.3, 0.4) is 0 Å². The van der Waals surface area contributed by atoms with E-state index in [-0.39, 0.29) is 25.3 Å². The van der Waals surface area contributed by atoms with Gasteiger partial charge in [0.2, 0.25) is 0 Å². The van der Waals surface area contributed by atoms with Crippen molar-refractivity contribution in [1.29, 1.82) is 0 Å². The number of nitrogens with one attached hydrogen (secondary N) is 1. The largest absolute Gasteiger partial charge is 0.463 e. The lowest BCUT2D eigenvalue weighted by Gasteiger charge is -2.39. The fourth-order valence-corrected chi connectivity index (χ4v) is 2.87. The number of benzene rings is 1. The topological polar surface area (TPSA) is 67.9 Å². The van der Waals surface area contributed by atoms with E-state index in [1.54, 1.807) is 6.92 Å². The molecule has 0 bridgehead atoms. The third-order valence-electron chi connectivity index (χ3n) is 4.00. The van der Waals surface area contributed by atoms with Gasteiger partial charge in [0.15, 0.2) is 0 Å². The number of rotatable bonds is 7. The van der Waals surface area contributed by atoms with Crippen LogP contribution in [0.2, 0.25) is 0 Å². The van der Waals surface area contributed by atoms with E-state index in [9.17, 15) is 9.59 Å². The summed E-state index contributed by atoms with van der Waals surface area (Å²) in [4.78, 5) is 26.9. The summed E-state index contributed by atoms with van der Waals surface area (Å²) in [5.74, 6) is -0.439. The lowest BCUT2D eigenvalue weighted by molar-refractivity contribution is -0.139. The molecule has 1 atom stereocenters. The lowest BCUT2D eigenvalue weighted by atomic mass is 9.90. The van der Waals surface area contributed by atoms with Crippen LogP contribution in [0.15, 0.2) is 41.6 Å². The number of esters is 1. The molecule has 1 aliphatic rings. The smallest absolute Gasteiger partial charge is 0.338 e. The summed E-state index contributed by atoms with van der Waals surface area (Å²) in [6.45, 7) is 8.35. The summed E-state index contributed by atoms with van der Waals surface area (Å²) in [6.07, 6.45) is 0. The molecule has 1 aromatic rings. The first-order valence-electron chi connectivity index (χ1n) is 8.62. The van der Waals surface area contributed by atoms with Gasteiger partial charge in [0, 0.05) is 12.3 Å². The summed E-state index contributed by atoms with van der Waals surface area (Å²) >= 11 is 0. The average molecular weight is 346 g/mol. The van der Waals surface area contributed by atoms with Gasteiger partial charge in [0.25, 0.3) is 0 Å². The first kappa shape index (κ1) is 19.0. The summed E-state index contributed by atoms with van der Waals surface area (Å²) in [5.41, 5.74) is 1.91. The molecule has 1 N–H and O–H groups in total. The standard InChI is InChI=1S/C19H26N2O4/c1-5-24-12-21-17(14-10-8-7-9-11-14)15(18(22)25-6-2)16(13(3)4)20-19(21)23/h7-11,13,17H,5-6,12H2,1-4H3,(H,20,23). The van der Waals surface area contributed by atoms with Gasteiger partial charge in [-0.05, 0) is 25.3 Å². The zero-order valence-electron chi connectivity index (χ0n) is 15.2. The third kappa shape index (κ3) is 4.20. The molecule has 1 aromatic carbocycles. The number of hydrogen-bond acceptors (Lipinski definition) is 4. The summed E-state index contributed by atoms with van der Waals surface area (Å²) < 4.78 is 10.8. The molecule has 136 valence electrons. The Balaban J connectivity index is 2.59. The van der Waals surface area contributed by atoms with Crippen LogP contribution in [0.5, 0.6) is 0 Å². The van der Waals surface area contributed by atoms with E-state index in [2.05, 4.69) is 5.32 Å². The average Bonchev–Trinajstić information content (AvgIpc) is 2.60. The van der Waals surface area contributed by atoms with E-state index < -0.39 is 12.0 Å². The molecule has 0 spiro atoms.